The molecule has 1 unspecified atom stereocenters. The second-order valence-corrected chi connectivity index (χ2v) is 7.17. The predicted molar refractivity (Wildman–Crippen MR) is 84.3 cm³/mol. The van der Waals surface area contributed by atoms with Crippen molar-refractivity contribution in [1.29, 1.82) is 0 Å². The van der Waals surface area contributed by atoms with Crippen LogP contribution in [0, 0.1) is 10.1 Å². The van der Waals surface area contributed by atoms with Gasteiger partial charge in [-0.2, -0.15) is 0 Å². The van der Waals surface area contributed by atoms with Crippen molar-refractivity contribution in [2.24, 2.45) is 0 Å². The molecule has 0 radical (unpaired) electrons. The first-order valence-corrected chi connectivity index (χ1v) is 8.35. The van der Waals surface area contributed by atoms with Gasteiger partial charge in [0.05, 0.1) is 4.92 Å². The maximum Gasteiger partial charge on any atom is 0.289 e. The Labute approximate surface area is 137 Å². The van der Waals surface area contributed by atoms with Crippen LogP contribution in [0.2, 0.25) is 0 Å². The van der Waals surface area contributed by atoms with Gasteiger partial charge < -0.3 is 5.32 Å². The van der Waals surface area contributed by atoms with Crippen LogP contribution in [-0.4, -0.2) is 32.5 Å². The summed E-state index contributed by atoms with van der Waals surface area (Å²) in [5, 5.41) is 14.1. The van der Waals surface area contributed by atoms with E-state index in [4.69, 9.17) is 0 Å². The van der Waals surface area contributed by atoms with Crippen molar-refractivity contribution in [2.75, 3.05) is 13.1 Å². The Morgan fingerprint density at radius 1 is 1.48 bits per heavy atom. The minimum absolute atomic E-state index is 0. The Kier molecular flexibility index (Phi) is 6.54. The number of hydrogen-bond acceptors (Lipinski definition) is 5. The number of rotatable bonds is 5. The highest BCUT2D eigenvalue weighted by atomic mass is 79.9. The van der Waals surface area contributed by atoms with Crippen molar-refractivity contribution in [3.63, 3.8) is 0 Å². The lowest BCUT2D eigenvalue weighted by molar-refractivity contribution is -0.387. The number of benzene rings is 1. The highest BCUT2D eigenvalue weighted by Crippen LogP contribution is 2.27. The van der Waals surface area contributed by atoms with E-state index >= 15 is 0 Å². The molecule has 1 aromatic rings. The molecule has 1 fully saturated rings. The first-order valence-electron chi connectivity index (χ1n) is 6.07. The maximum absolute atomic E-state index is 12.2. The molecular weight excluding hydrogens is 386 g/mol. The summed E-state index contributed by atoms with van der Waals surface area (Å²) in [5.74, 6) is 0. The largest absolute Gasteiger partial charge is 0.313 e. The Morgan fingerprint density at radius 2 is 2.19 bits per heavy atom. The van der Waals surface area contributed by atoms with Crippen LogP contribution in [0.15, 0.2) is 27.6 Å². The van der Waals surface area contributed by atoms with Crippen molar-refractivity contribution in [3.8, 4) is 0 Å². The third kappa shape index (κ3) is 4.62. The van der Waals surface area contributed by atoms with Crippen molar-refractivity contribution in [2.45, 2.75) is 23.8 Å². The summed E-state index contributed by atoms with van der Waals surface area (Å²) in [6.07, 6.45) is 1.90. The molecular formula is C11H15BrClN3O4S. The van der Waals surface area contributed by atoms with E-state index in [9.17, 15) is 18.5 Å². The van der Waals surface area contributed by atoms with Gasteiger partial charge in [-0.3, -0.25) is 10.1 Å². The van der Waals surface area contributed by atoms with Gasteiger partial charge in [-0.05, 0) is 31.5 Å². The molecule has 1 heterocycles. The highest BCUT2D eigenvalue weighted by molar-refractivity contribution is 9.10. The number of nitrogens with zero attached hydrogens (tertiary/aromatic N) is 1. The average molecular weight is 401 g/mol. The van der Waals surface area contributed by atoms with Crippen molar-refractivity contribution >= 4 is 44.0 Å². The number of hydrogen-bond donors (Lipinski definition) is 2. The number of nitro benzene ring substituents is 1. The molecule has 1 aliphatic rings. The SMILES string of the molecule is Cl.O=[N+]([O-])c1ccc(Br)cc1S(=O)(=O)NCC1CCCN1. The zero-order valence-corrected chi connectivity index (χ0v) is 14.1. The van der Waals surface area contributed by atoms with Crippen LogP contribution in [-0.2, 0) is 10.0 Å². The fourth-order valence-electron chi connectivity index (χ4n) is 2.07. The molecule has 0 aliphatic carbocycles. The molecule has 1 aromatic carbocycles. The van der Waals surface area contributed by atoms with Crippen LogP contribution >= 0.6 is 28.3 Å². The van der Waals surface area contributed by atoms with E-state index in [2.05, 4.69) is 26.0 Å². The van der Waals surface area contributed by atoms with Crippen LogP contribution in [0.3, 0.4) is 0 Å². The van der Waals surface area contributed by atoms with E-state index in [0.717, 1.165) is 19.4 Å². The summed E-state index contributed by atoms with van der Waals surface area (Å²) in [6.45, 7) is 1.09. The van der Waals surface area contributed by atoms with Crippen molar-refractivity contribution in [3.05, 3.63) is 32.8 Å². The van der Waals surface area contributed by atoms with Gasteiger partial charge in [-0.1, -0.05) is 15.9 Å². The van der Waals surface area contributed by atoms with Crippen LogP contribution in [0.4, 0.5) is 5.69 Å². The number of sulfonamides is 1. The van der Waals surface area contributed by atoms with Gasteiger partial charge in [0.15, 0.2) is 4.90 Å². The Balaban J connectivity index is 0.00000220. The third-order valence-electron chi connectivity index (χ3n) is 3.09. The second kappa shape index (κ2) is 7.50. The maximum atomic E-state index is 12.2. The molecule has 1 saturated heterocycles. The molecule has 0 saturated carbocycles. The molecule has 7 nitrogen and oxygen atoms in total. The Morgan fingerprint density at radius 3 is 2.76 bits per heavy atom. The lowest BCUT2D eigenvalue weighted by Gasteiger charge is -2.12. The standard InChI is InChI=1S/C11H14BrN3O4S.ClH/c12-8-3-4-10(15(16)17)11(6-8)20(18,19)14-7-9-2-1-5-13-9;/h3-4,6,9,13-14H,1-2,5,7H2;1H. The van der Waals surface area contributed by atoms with E-state index in [0.29, 0.717) is 4.47 Å². The first kappa shape index (κ1) is 18.3. The van der Waals surface area contributed by atoms with Crippen LogP contribution in [0.25, 0.3) is 0 Å². The molecule has 0 amide bonds. The summed E-state index contributed by atoms with van der Waals surface area (Å²) < 4.78 is 27.3. The van der Waals surface area contributed by atoms with Gasteiger partial charge in [-0.25, -0.2) is 13.1 Å². The van der Waals surface area contributed by atoms with Gasteiger partial charge >= 0.3 is 0 Å². The van der Waals surface area contributed by atoms with Crippen molar-refractivity contribution in [1.82, 2.24) is 10.0 Å². The second-order valence-electron chi connectivity index (χ2n) is 4.51. The van der Waals surface area contributed by atoms with Gasteiger partial charge in [0.25, 0.3) is 5.69 Å². The third-order valence-corrected chi connectivity index (χ3v) is 5.04. The topological polar surface area (TPSA) is 101 Å². The van der Waals surface area contributed by atoms with E-state index in [1.165, 1.54) is 18.2 Å². The summed E-state index contributed by atoms with van der Waals surface area (Å²) in [5.41, 5.74) is -0.430. The lowest BCUT2D eigenvalue weighted by Crippen LogP contribution is -2.37. The average Bonchev–Trinajstić information content (AvgIpc) is 2.89. The van der Waals surface area contributed by atoms with Gasteiger partial charge in [0.2, 0.25) is 10.0 Å². The number of halogens is 2. The fourth-order valence-corrected chi connectivity index (χ4v) is 3.86. The van der Waals surface area contributed by atoms with E-state index in [1.807, 2.05) is 0 Å². The molecule has 2 N–H and O–H groups in total. The number of nitro groups is 1. The quantitative estimate of drug-likeness (QED) is 0.580. The van der Waals surface area contributed by atoms with Gasteiger partial charge in [0.1, 0.15) is 0 Å². The minimum atomic E-state index is -3.91. The lowest BCUT2D eigenvalue weighted by atomic mass is 10.2. The van der Waals surface area contributed by atoms with Crippen LogP contribution < -0.4 is 10.0 Å². The predicted octanol–water partition coefficient (Wildman–Crippen LogP) is 1.81. The smallest absolute Gasteiger partial charge is 0.289 e. The van der Waals surface area contributed by atoms with Crippen molar-refractivity contribution < 1.29 is 13.3 Å². The molecule has 1 atom stereocenters. The summed E-state index contributed by atoms with van der Waals surface area (Å²) >= 11 is 3.13. The van der Waals surface area contributed by atoms with Gasteiger partial charge in [0, 0.05) is 23.1 Å². The minimum Gasteiger partial charge on any atom is -0.313 e. The Hall–Kier alpha value is -0.740. The summed E-state index contributed by atoms with van der Waals surface area (Å²) in [7, 11) is -3.91. The van der Waals surface area contributed by atoms with Crippen LogP contribution in [0.5, 0.6) is 0 Å². The molecule has 0 bridgehead atoms. The zero-order valence-electron chi connectivity index (χ0n) is 10.9. The molecule has 1 aliphatic heterocycles. The summed E-state index contributed by atoms with van der Waals surface area (Å²) in [6, 6.07) is 3.93. The van der Waals surface area contributed by atoms with Crippen LogP contribution in [0.1, 0.15) is 12.8 Å². The molecule has 2 rings (SSSR count). The van der Waals surface area contributed by atoms with E-state index < -0.39 is 20.6 Å². The molecule has 10 heteroatoms. The molecule has 21 heavy (non-hydrogen) atoms. The molecule has 0 aromatic heterocycles. The highest BCUT2D eigenvalue weighted by Gasteiger charge is 2.27. The first-order chi connectivity index (χ1) is 9.40. The number of nitrogens with one attached hydrogen (secondary N) is 2. The zero-order chi connectivity index (χ0) is 14.8. The monoisotopic (exact) mass is 399 g/mol. The van der Waals surface area contributed by atoms with E-state index in [1.54, 1.807) is 0 Å². The normalized spacial score (nSPS) is 18.2. The summed E-state index contributed by atoms with van der Waals surface area (Å²) in [4.78, 5) is 9.90. The van der Waals surface area contributed by atoms with E-state index in [-0.39, 0.29) is 29.9 Å². The molecule has 118 valence electrons. The van der Waals surface area contributed by atoms with Gasteiger partial charge in [-0.15, -0.1) is 12.4 Å². The fraction of sp³-hybridized carbons (Fsp3) is 0.455. The Bertz CT molecular complexity index is 620. The molecule has 0 spiro atoms.